The Morgan fingerprint density at radius 1 is 1.57 bits per heavy atom. The monoisotopic (exact) mass is 209 g/mol. The van der Waals surface area contributed by atoms with Crippen molar-refractivity contribution in [3.05, 3.63) is 40.2 Å². The predicted molar refractivity (Wildman–Crippen MR) is 55.4 cm³/mol. The van der Waals surface area contributed by atoms with E-state index in [0.29, 0.717) is 16.1 Å². The summed E-state index contributed by atoms with van der Waals surface area (Å²) in [4.78, 5) is 0. The zero-order valence-electron chi connectivity index (χ0n) is 7.72. The number of nitriles is 1. The summed E-state index contributed by atoms with van der Waals surface area (Å²) in [7, 11) is 0. The zero-order chi connectivity index (χ0) is 10.6. The number of aryl methyl sites for hydroxylation is 1. The van der Waals surface area contributed by atoms with Crippen LogP contribution in [0.4, 0.5) is 4.39 Å². The van der Waals surface area contributed by atoms with Crippen LogP contribution in [-0.2, 0) is 0 Å². The third kappa shape index (κ3) is 2.58. The number of hydrogen-bond acceptors (Lipinski definition) is 1. The first-order valence-corrected chi connectivity index (χ1v) is 4.52. The standard InChI is InChI=1S/C11H9ClFN/c1-8-6-11(13)9(7-10(8)12)4-2-3-5-14/h2,4,6-7H,3H2,1H3. The topological polar surface area (TPSA) is 23.8 Å². The van der Waals surface area contributed by atoms with Crippen LogP contribution in [0.2, 0.25) is 5.02 Å². The fraction of sp³-hybridized carbons (Fsp3) is 0.182. The number of nitrogens with zero attached hydrogens (tertiary/aromatic N) is 1. The van der Waals surface area contributed by atoms with Crippen molar-refractivity contribution >= 4 is 17.7 Å². The minimum atomic E-state index is -0.318. The summed E-state index contributed by atoms with van der Waals surface area (Å²) in [5.74, 6) is -0.318. The minimum Gasteiger partial charge on any atom is -0.206 e. The minimum absolute atomic E-state index is 0.269. The highest BCUT2D eigenvalue weighted by Gasteiger charge is 2.02. The van der Waals surface area contributed by atoms with Gasteiger partial charge in [0.15, 0.2) is 0 Å². The van der Waals surface area contributed by atoms with Crippen LogP contribution in [0, 0.1) is 24.1 Å². The molecule has 0 spiro atoms. The molecular formula is C11H9ClFN. The molecule has 1 aromatic carbocycles. The molecule has 1 nitrogen and oxygen atoms in total. The van der Waals surface area contributed by atoms with E-state index in [1.54, 1.807) is 25.1 Å². The lowest BCUT2D eigenvalue weighted by Crippen LogP contribution is -1.85. The molecule has 0 fully saturated rings. The lowest BCUT2D eigenvalue weighted by Gasteiger charge is -2.01. The Labute approximate surface area is 87.4 Å². The molecule has 0 atom stereocenters. The Bertz CT molecular complexity index is 404. The smallest absolute Gasteiger partial charge is 0.130 e. The summed E-state index contributed by atoms with van der Waals surface area (Å²) in [5, 5.41) is 8.82. The first-order valence-electron chi connectivity index (χ1n) is 4.14. The van der Waals surface area contributed by atoms with Crippen molar-refractivity contribution < 1.29 is 4.39 Å². The highest BCUT2D eigenvalue weighted by molar-refractivity contribution is 6.31. The molecular weight excluding hydrogens is 201 g/mol. The Morgan fingerprint density at radius 2 is 2.29 bits per heavy atom. The molecule has 0 aromatic heterocycles. The van der Waals surface area contributed by atoms with Crippen LogP contribution < -0.4 is 0 Å². The van der Waals surface area contributed by atoms with E-state index in [9.17, 15) is 4.39 Å². The third-order valence-electron chi connectivity index (χ3n) is 1.78. The first kappa shape index (κ1) is 10.7. The molecule has 0 heterocycles. The summed E-state index contributed by atoms with van der Waals surface area (Å²) in [6.45, 7) is 1.74. The molecule has 0 radical (unpaired) electrons. The van der Waals surface area contributed by atoms with Crippen molar-refractivity contribution in [2.24, 2.45) is 0 Å². The van der Waals surface area contributed by atoms with Gasteiger partial charge >= 0.3 is 0 Å². The highest BCUT2D eigenvalue weighted by Crippen LogP contribution is 2.20. The van der Waals surface area contributed by atoms with Crippen LogP contribution in [0.15, 0.2) is 18.2 Å². The van der Waals surface area contributed by atoms with E-state index in [2.05, 4.69) is 0 Å². The molecule has 0 amide bonds. The van der Waals surface area contributed by atoms with Crippen LogP contribution in [0.1, 0.15) is 17.5 Å². The summed E-state index contributed by atoms with van der Waals surface area (Å²) in [5.41, 5.74) is 1.12. The second-order valence-corrected chi connectivity index (χ2v) is 3.29. The van der Waals surface area contributed by atoms with Crippen LogP contribution in [0.3, 0.4) is 0 Å². The molecule has 0 bridgehead atoms. The van der Waals surface area contributed by atoms with Gasteiger partial charge in [0.25, 0.3) is 0 Å². The van der Waals surface area contributed by atoms with Crippen LogP contribution in [0.25, 0.3) is 6.08 Å². The van der Waals surface area contributed by atoms with E-state index < -0.39 is 0 Å². The van der Waals surface area contributed by atoms with Crippen molar-refractivity contribution in [3.63, 3.8) is 0 Å². The predicted octanol–water partition coefficient (Wildman–Crippen LogP) is 3.71. The second-order valence-electron chi connectivity index (χ2n) is 2.89. The number of halogens is 2. The van der Waals surface area contributed by atoms with Crippen molar-refractivity contribution in [2.45, 2.75) is 13.3 Å². The van der Waals surface area contributed by atoms with E-state index in [0.717, 1.165) is 0 Å². The molecule has 0 aliphatic rings. The molecule has 0 aliphatic heterocycles. The van der Waals surface area contributed by atoms with Gasteiger partial charge in [0.05, 0.1) is 12.5 Å². The number of rotatable bonds is 2. The molecule has 0 unspecified atom stereocenters. The molecule has 3 heteroatoms. The fourth-order valence-electron chi connectivity index (χ4n) is 1.03. The summed E-state index contributed by atoms with van der Waals surface area (Å²) >= 11 is 5.83. The molecule has 0 saturated heterocycles. The van der Waals surface area contributed by atoms with Gasteiger partial charge in [0.2, 0.25) is 0 Å². The average molecular weight is 210 g/mol. The van der Waals surface area contributed by atoms with E-state index in [1.165, 1.54) is 6.07 Å². The molecule has 14 heavy (non-hydrogen) atoms. The van der Waals surface area contributed by atoms with Crippen molar-refractivity contribution in [2.75, 3.05) is 0 Å². The van der Waals surface area contributed by atoms with E-state index >= 15 is 0 Å². The van der Waals surface area contributed by atoms with E-state index in [-0.39, 0.29) is 12.2 Å². The first-order chi connectivity index (χ1) is 6.65. The lowest BCUT2D eigenvalue weighted by molar-refractivity contribution is 0.624. The SMILES string of the molecule is Cc1cc(F)c(C=CCC#N)cc1Cl. The highest BCUT2D eigenvalue weighted by atomic mass is 35.5. The van der Waals surface area contributed by atoms with Crippen LogP contribution in [0.5, 0.6) is 0 Å². The maximum atomic E-state index is 13.3. The Kier molecular flexibility index (Phi) is 3.67. The largest absolute Gasteiger partial charge is 0.206 e. The lowest BCUT2D eigenvalue weighted by atomic mass is 10.1. The summed E-state index contributed by atoms with van der Waals surface area (Å²) in [6, 6.07) is 4.88. The average Bonchev–Trinajstić information content (AvgIpc) is 2.14. The van der Waals surface area contributed by atoms with Gasteiger partial charge in [-0.15, -0.1) is 0 Å². The molecule has 0 saturated carbocycles. The van der Waals surface area contributed by atoms with Gasteiger partial charge in [-0.05, 0) is 24.6 Å². The van der Waals surface area contributed by atoms with Gasteiger partial charge in [0, 0.05) is 10.6 Å². The maximum Gasteiger partial charge on any atom is 0.130 e. The normalized spacial score (nSPS) is 10.4. The molecule has 72 valence electrons. The van der Waals surface area contributed by atoms with E-state index in [1.807, 2.05) is 6.07 Å². The van der Waals surface area contributed by atoms with Gasteiger partial charge in [-0.25, -0.2) is 4.39 Å². The van der Waals surface area contributed by atoms with Gasteiger partial charge in [-0.1, -0.05) is 23.8 Å². The quantitative estimate of drug-likeness (QED) is 0.729. The van der Waals surface area contributed by atoms with Gasteiger partial charge in [0.1, 0.15) is 5.82 Å². The Hall–Kier alpha value is -1.33. The van der Waals surface area contributed by atoms with Gasteiger partial charge in [-0.3, -0.25) is 0 Å². The summed E-state index contributed by atoms with van der Waals surface area (Å²) in [6.07, 6.45) is 3.43. The number of allylic oxidation sites excluding steroid dienone is 1. The summed E-state index contributed by atoms with van der Waals surface area (Å²) < 4.78 is 13.3. The fourth-order valence-corrected chi connectivity index (χ4v) is 1.20. The van der Waals surface area contributed by atoms with Gasteiger partial charge < -0.3 is 0 Å². The Morgan fingerprint density at radius 3 is 2.93 bits per heavy atom. The molecule has 1 aromatic rings. The molecule has 1 rings (SSSR count). The Balaban J connectivity index is 2.99. The van der Waals surface area contributed by atoms with Crippen molar-refractivity contribution in [1.82, 2.24) is 0 Å². The zero-order valence-corrected chi connectivity index (χ0v) is 8.48. The van der Waals surface area contributed by atoms with Crippen LogP contribution >= 0.6 is 11.6 Å². The molecule has 0 aliphatic carbocycles. The molecule has 0 N–H and O–H groups in total. The number of hydrogen-bond donors (Lipinski definition) is 0. The van der Waals surface area contributed by atoms with Crippen molar-refractivity contribution in [1.29, 1.82) is 5.26 Å². The number of benzene rings is 1. The second kappa shape index (κ2) is 4.78. The third-order valence-corrected chi connectivity index (χ3v) is 2.19. The maximum absolute atomic E-state index is 13.3. The van der Waals surface area contributed by atoms with E-state index in [4.69, 9.17) is 16.9 Å². The van der Waals surface area contributed by atoms with Gasteiger partial charge in [-0.2, -0.15) is 5.26 Å². The van der Waals surface area contributed by atoms with Crippen molar-refractivity contribution in [3.8, 4) is 6.07 Å². The van der Waals surface area contributed by atoms with Crippen LogP contribution in [-0.4, -0.2) is 0 Å².